The Balaban J connectivity index is 2.14. The molecule has 1 fully saturated rings. The number of aliphatic hydroxyl groups excluding tert-OH is 3. The number of aliphatic imine (C=N–C) groups is 2. The lowest BCUT2D eigenvalue weighted by molar-refractivity contribution is -0.151. The number of carbonyl (C=O) groups is 4. The molecular formula is C16H20N4O8. The van der Waals surface area contributed by atoms with Gasteiger partial charge in [0.25, 0.3) is 5.91 Å². The molecule has 1 saturated heterocycles. The van der Waals surface area contributed by atoms with Crippen LogP contribution in [-0.2, 0) is 23.9 Å². The number of hydrogen-bond acceptors (Lipinski definition) is 10. The standard InChI is InChI=1S/C16H20N4O8/c1-6(22)12-18-14(27)16(7(2)23)15(20(12)8(3)24)19(5-17-16)13-11(26)10(25)9(4-21)28-13/h5,9-11,13,15,21,25-26H,4H2,1-3H3. The van der Waals surface area contributed by atoms with Gasteiger partial charge in [-0.2, -0.15) is 4.99 Å². The summed E-state index contributed by atoms with van der Waals surface area (Å²) in [4.78, 5) is 59.1. The van der Waals surface area contributed by atoms with Crippen molar-refractivity contribution in [1.82, 2.24) is 9.80 Å². The summed E-state index contributed by atoms with van der Waals surface area (Å²) >= 11 is 0. The highest BCUT2D eigenvalue weighted by Crippen LogP contribution is 2.38. The molecule has 12 nitrogen and oxygen atoms in total. The second-order valence-electron chi connectivity index (χ2n) is 6.80. The van der Waals surface area contributed by atoms with E-state index in [4.69, 9.17) is 4.74 Å². The fraction of sp³-hybridized carbons (Fsp3) is 0.625. The molecule has 0 aromatic heterocycles. The van der Waals surface area contributed by atoms with Crippen LogP contribution in [0.3, 0.4) is 0 Å². The minimum Gasteiger partial charge on any atom is -0.394 e. The van der Waals surface area contributed by atoms with E-state index >= 15 is 0 Å². The van der Waals surface area contributed by atoms with E-state index in [1.165, 1.54) is 0 Å². The number of amidine groups is 1. The zero-order valence-corrected chi connectivity index (χ0v) is 15.3. The third-order valence-electron chi connectivity index (χ3n) is 5.06. The molecule has 3 N–H and O–H groups in total. The molecule has 0 aliphatic carbocycles. The quantitative estimate of drug-likeness (QED) is 0.414. The maximum atomic E-state index is 12.7. The maximum Gasteiger partial charge on any atom is 0.287 e. The number of fused-ring (bicyclic) bond motifs is 1. The maximum absolute atomic E-state index is 12.7. The molecule has 2 amide bonds. The first-order chi connectivity index (χ1) is 13.1. The van der Waals surface area contributed by atoms with Crippen molar-refractivity contribution in [2.24, 2.45) is 9.98 Å². The Hall–Kier alpha value is -2.54. The van der Waals surface area contributed by atoms with Crippen LogP contribution >= 0.6 is 0 Å². The molecule has 0 aromatic rings. The number of amides is 2. The molecule has 0 radical (unpaired) electrons. The molecule has 3 heterocycles. The Morgan fingerprint density at radius 2 is 1.86 bits per heavy atom. The van der Waals surface area contributed by atoms with Crippen LogP contribution in [0, 0.1) is 0 Å². The molecule has 0 bridgehead atoms. The van der Waals surface area contributed by atoms with Crippen LogP contribution in [-0.4, -0.2) is 104 Å². The first-order valence-electron chi connectivity index (χ1n) is 8.48. The SMILES string of the molecule is CC(=O)C1=NC(=O)C2(C(C)=O)N=CN(C3OC(CO)C(O)C3O)C2N1C(C)=O. The van der Waals surface area contributed by atoms with Gasteiger partial charge >= 0.3 is 0 Å². The summed E-state index contributed by atoms with van der Waals surface area (Å²) in [5.41, 5.74) is -2.14. The van der Waals surface area contributed by atoms with E-state index in [2.05, 4.69) is 9.98 Å². The van der Waals surface area contributed by atoms with Gasteiger partial charge in [0.2, 0.25) is 11.4 Å². The van der Waals surface area contributed by atoms with Gasteiger partial charge in [-0.1, -0.05) is 0 Å². The van der Waals surface area contributed by atoms with Gasteiger partial charge in [0, 0.05) is 13.8 Å². The number of hydrogen-bond donors (Lipinski definition) is 3. The molecule has 152 valence electrons. The smallest absolute Gasteiger partial charge is 0.287 e. The number of rotatable bonds is 4. The van der Waals surface area contributed by atoms with Crippen LogP contribution in [0.1, 0.15) is 20.8 Å². The lowest BCUT2D eigenvalue weighted by atomic mass is 9.87. The van der Waals surface area contributed by atoms with E-state index in [0.29, 0.717) is 0 Å². The number of nitrogens with zero attached hydrogens (tertiary/aromatic N) is 4. The highest BCUT2D eigenvalue weighted by molar-refractivity contribution is 6.43. The van der Waals surface area contributed by atoms with Crippen LogP contribution < -0.4 is 0 Å². The van der Waals surface area contributed by atoms with Crippen molar-refractivity contribution < 1.29 is 39.2 Å². The summed E-state index contributed by atoms with van der Waals surface area (Å²) in [5.74, 6) is -3.61. The van der Waals surface area contributed by atoms with Crippen molar-refractivity contribution in [3.63, 3.8) is 0 Å². The van der Waals surface area contributed by atoms with Crippen LogP contribution in [0.15, 0.2) is 9.98 Å². The lowest BCUT2D eigenvalue weighted by Crippen LogP contribution is -2.70. The minimum absolute atomic E-state index is 0.471. The average molecular weight is 396 g/mol. The molecule has 3 aliphatic heterocycles. The summed E-state index contributed by atoms with van der Waals surface area (Å²) < 4.78 is 5.45. The van der Waals surface area contributed by atoms with Crippen LogP contribution in [0.25, 0.3) is 0 Å². The predicted molar refractivity (Wildman–Crippen MR) is 90.9 cm³/mol. The number of Topliss-reactive ketones (excluding diaryl/α,β-unsaturated/α-hetero) is 2. The van der Waals surface area contributed by atoms with Crippen molar-refractivity contribution in [2.45, 2.75) is 57.0 Å². The van der Waals surface area contributed by atoms with Crippen molar-refractivity contribution in [2.75, 3.05) is 6.61 Å². The van der Waals surface area contributed by atoms with Gasteiger partial charge in [0.15, 0.2) is 29.8 Å². The third-order valence-corrected chi connectivity index (χ3v) is 5.06. The van der Waals surface area contributed by atoms with E-state index in [1.54, 1.807) is 0 Å². The largest absolute Gasteiger partial charge is 0.394 e. The number of aliphatic hydroxyl groups is 3. The number of carbonyl (C=O) groups excluding carboxylic acids is 4. The first kappa shape index (κ1) is 20.2. The molecule has 3 rings (SSSR count). The average Bonchev–Trinajstić information content (AvgIpc) is 3.14. The highest BCUT2D eigenvalue weighted by atomic mass is 16.6. The zero-order chi connectivity index (χ0) is 21.0. The molecule has 3 aliphatic rings. The zero-order valence-electron chi connectivity index (χ0n) is 15.3. The Morgan fingerprint density at radius 3 is 2.32 bits per heavy atom. The van der Waals surface area contributed by atoms with Crippen LogP contribution in [0.2, 0.25) is 0 Å². The molecule has 12 heteroatoms. The van der Waals surface area contributed by atoms with E-state index < -0.39 is 72.1 Å². The molecule has 0 saturated carbocycles. The second kappa shape index (κ2) is 6.81. The Kier molecular flexibility index (Phi) is 4.91. The summed E-state index contributed by atoms with van der Waals surface area (Å²) in [6.07, 6.45) is -5.90. The van der Waals surface area contributed by atoms with E-state index in [-0.39, 0.29) is 0 Å². The van der Waals surface area contributed by atoms with E-state index in [1.807, 2.05) is 0 Å². The van der Waals surface area contributed by atoms with Gasteiger partial charge in [-0.3, -0.25) is 24.1 Å². The Labute approximate surface area is 159 Å². The number of ketones is 2. The first-order valence-corrected chi connectivity index (χ1v) is 8.48. The van der Waals surface area contributed by atoms with Crippen molar-refractivity contribution >= 4 is 35.6 Å². The molecule has 6 atom stereocenters. The van der Waals surface area contributed by atoms with Crippen molar-refractivity contribution in [3.05, 3.63) is 0 Å². The minimum atomic E-state index is -2.14. The van der Waals surface area contributed by atoms with Gasteiger partial charge in [-0.15, -0.1) is 0 Å². The topological polar surface area (TPSA) is 169 Å². The second-order valence-corrected chi connectivity index (χ2v) is 6.80. The van der Waals surface area contributed by atoms with E-state index in [0.717, 1.165) is 36.9 Å². The summed E-state index contributed by atoms with van der Waals surface area (Å²) in [6, 6.07) is 0. The van der Waals surface area contributed by atoms with Gasteiger partial charge in [-0.25, -0.2) is 4.99 Å². The van der Waals surface area contributed by atoms with Gasteiger partial charge in [0.1, 0.15) is 18.3 Å². The predicted octanol–water partition coefficient (Wildman–Crippen LogP) is -3.20. The van der Waals surface area contributed by atoms with Crippen molar-refractivity contribution in [1.29, 1.82) is 0 Å². The Bertz CT molecular complexity index is 810. The fourth-order valence-corrected chi connectivity index (χ4v) is 3.66. The summed E-state index contributed by atoms with van der Waals surface area (Å²) in [7, 11) is 0. The van der Waals surface area contributed by atoms with E-state index in [9.17, 15) is 34.5 Å². The van der Waals surface area contributed by atoms with Gasteiger partial charge in [0.05, 0.1) is 12.9 Å². The molecule has 28 heavy (non-hydrogen) atoms. The third kappa shape index (κ3) is 2.60. The van der Waals surface area contributed by atoms with Crippen LogP contribution in [0.5, 0.6) is 0 Å². The van der Waals surface area contributed by atoms with Crippen LogP contribution in [0.4, 0.5) is 0 Å². The molecule has 6 unspecified atom stereocenters. The highest BCUT2D eigenvalue weighted by Gasteiger charge is 2.64. The molecular weight excluding hydrogens is 376 g/mol. The Morgan fingerprint density at radius 1 is 1.21 bits per heavy atom. The number of ether oxygens (including phenoxy) is 1. The monoisotopic (exact) mass is 396 g/mol. The van der Waals surface area contributed by atoms with Gasteiger partial charge < -0.3 is 25.0 Å². The normalized spacial score (nSPS) is 37.1. The van der Waals surface area contributed by atoms with Crippen molar-refractivity contribution in [3.8, 4) is 0 Å². The summed E-state index contributed by atoms with van der Waals surface area (Å²) in [6.45, 7) is 2.72. The fourth-order valence-electron chi connectivity index (χ4n) is 3.66. The van der Waals surface area contributed by atoms with Gasteiger partial charge in [-0.05, 0) is 6.92 Å². The molecule has 0 aromatic carbocycles. The summed E-state index contributed by atoms with van der Waals surface area (Å²) in [5, 5.41) is 29.7. The molecule has 0 spiro atoms. The lowest BCUT2D eigenvalue weighted by Gasteiger charge is -2.44.